The minimum absolute atomic E-state index is 0.0786. The molecule has 1 N–H and O–H groups in total. The number of aromatic nitrogens is 1. The van der Waals surface area contributed by atoms with Gasteiger partial charge in [-0.1, -0.05) is 37.5 Å². The maximum Gasteiger partial charge on any atom is 0.253 e. The van der Waals surface area contributed by atoms with Crippen LogP contribution in [0.2, 0.25) is 0 Å². The minimum atomic E-state index is 0.0786. The van der Waals surface area contributed by atoms with Gasteiger partial charge in [0, 0.05) is 55.5 Å². The number of piperazine rings is 1. The van der Waals surface area contributed by atoms with Gasteiger partial charge in [0.05, 0.1) is 0 Å². The molecule has 2 aromatic carbocycles. The largest absolute Gasteiger partial charge is 0.374 e. The molecular weight excluding hydrogens is 428 g/mol. The number of nitrogens with zero attached hydrogens (tertiary/aromatic N) is 3. The highest BCUT2D eigenvalue weighted by Gasteiger charge is 2.24. The molecule has 34 heavy (non-hydrogen) atoms. The quantitative estimate of drug-likeness (QED) is 0.526. The lowest BCUT2D eigenvalue weighted by Crippen LogP contribution is -2.49. The molecule has 0 atom stereocenters. The van der Waals surface area contributed by atoms with E-state index in [2.05, 4.69) is 15.5 Å². The van der Waals surface area contributed by atoms with Gasteiger partial charge in [0.2, 0.25) is 0 Å². The third-order valence-electron chi connectivity index (χ3n) is 6.91. The third kappa shape index (κ3) is 5.48. The molecule has 1 aliphatic carbocycles. The van der Waals surface area contributed by atoms with Crippen molar-refractivity contribution in [2.24, 2.45) is 5.92 Å². The van der Waals surface area contributed by atoms with Crippen LogP contribution in [0.3, 0.4) is 0 Å². The Balaban J connectivity index is 1.09. The highest BCUT2D eigenvalue weighted by atomic mass is 16.9. The number of rotatable bonds is 7. The summed E-state index contributed by atoms with van der Waals surface area (Å²) in [6.07, 6.45) is 8.62. The first-order valence-electron chi connectivity index (χ1n) is 12.3. The smallest absolute Gasteiger partial charge is 0.253 e. The Morgan fingerprint density at radius 3 is 2.47 bits per heavy atom. The van der Waals surface area contributed by atoms with E-state index in [1.165, 1.54) is 38.6 Å². The normalized spacial score (nSPS) is 17.6. The second-order valence-electron chi connectivity index (χ2n) is 9.24. The molecule has 0 radical (unpaired) electrons. The molecule has 7 heteroatoms. The molecule has 1 saturated heterocycles. The fourth-order valence-corrected chi connectivity index (χ4v) is 4.99. The summed E-state index contributed by atoms with van der Waals surface area (Å²) in [7, 11) is 0. The van der Waals surface area contributed by atoms with Crippen molar-refractivity contribution in [3.8, 4) is 11.5 Å². The standard InChI is InChI=1S/C27H32N4O3/c32-27(31-18-16-30(17-19-31)20-21-6-2-1-3-7-21)23-11-13-24(14-12-23)33-29-34-25-10-4-8-22-9-5-15-28-26(22)25/h4-5,8-15,21,29H,1-3,6-7,16-20H2. The average Bonchev–Trinajstić information content (AvgIpc) is 2.90. The number of carbonyl (C=O) groups is 1. The number of fused-ring (bicyclic) bond motifs is 1. The number of carbonyl (C=O) groups excluding carboxylic acids is 1. The second-order valence-corrected chi connectivity index (χ2v) is 9.24. The minimum Gasteiger partial charge on any atom is -0.374 e. The van der Waals surface area contributed by atoms with Gasteiger partial charge in [0.15, 0.2) is 11.5 Å². The maximum atomic E-state index is 13.0. The Morgan fingerprint density at radius 1 is 0.912 bits per heavy atom. The van der Waals surface area contributed by atoms with Crippen molar-refractivity contribution in [2.75, 3.05) is 32.7 Å². The van der Waals surface area contributed by atoms with E-state index in [4.69, 9.17) is 9.68 Å². The van der Waals surface area contributed by atoms with Crippen molar-refractivity contribution in [1.82, 2.24) is 20.4 Å². The van der Waals surface area contributed by atoms with Gasteiger partial charge in [-0.2, -0.15) is 0 Å². The molecular formula is C27H32N4O3. The lowest BCUT2D eigenvalue weighted by atomic mass is 9.89. The Kier molecular flexibility index (Phi) is 7.22. The molecule has 178 valence electrons. The summed E-state index contributed by atoms with van der Waals surface area (Å²) >= 11 is 0. The summed E-state index contributed by atoms with van der Waals surface area (Å²) in [6, 6.07) is 16.7. The van der Waals surface area contributed by atoms with E-state index in [-0.39, 0.29) is 5.91 Å². The SMILES string of the molecule is O=C(c1ccc(ONOc2cccc3cccnc23)cc1)N1CCN(CC2CCCCC2)CC1. The zero-order valence-corrected chi connectivity index (χ0v) is 19.5. The number of para-hydroxylation sites is 1. The van der Waals surface area contributed by atoms with Crippen LogP contribution >= 0.6 is 0 Å². The van der Waals surface area contributed by atoms with E-state index in [0.717, 1.165) is 43.0 Å². The van der Waals surface area contributed by atoms with Gasteiger partial charge >= 0.3 is 0 Å². The maximum absolute atomic E-state index is 13.0. The predicted octanol–water partition coefficient (Wildman–Crippen LogP) is 4.45. The number of hydrogen-bond donors (Lipinski definition) is 1. The summed E-state index contributed by atoms with van der Waals surface area (Å²) in [4.78, 5) is 32.8. The van der Waals surface area contributed by atoms with Crippen molar-refractivity contribution < 1.29 is 14.5 Å². The fourth-order valence-electron chi connectivity index (χ4n) is 4.99. The molecule has 0 unspecified atom stereocenters. The van der Waals surface area contributed by atoms with E-state index in [0.29, 0.717) is 17.1 Å². The topological polar surface area (TPSA) is 66.9 Å². The first kappa shape index (κ1) is 22.6. The lowest BCUT2D eigenvalue weighted by molar-refractivity contribution is -0.0181. The van der Waals surface area contributed by atoms with Crippen molar-refractivity contribution in [3.05, 3.63) is 66.4 Å². The van der Waals surface area contributed by atoms with Crippen LogP contribution < -0.4 is 15.3 Å². The Bertz CT molecular complexity index is 1090. The van der Waals surface area contributed by atoms with Gasteiger partial charge in [-0.15, -0.1) is 0 Å². The van der Waals surface area contributed by atoms with Crippen LogP contribution in [0.4, 0.5) is 0 Å². The van der Waals surface area contributed by atoms with Gasteiger partial charge in [-0.3, -0.25) is 14.7 Å². The van der Waals surface area contributed by atoms with Crippen molar-refractivity contribution in [2.45, 2.75) is 32.1 Å². The Hall–Kier alpha value is -3.16. The van der Waals surface area contributed by atoms with Crippen LogP contribution in [0.15, 0.2) is 60.8 Å². The third-order valence-corrected chi connectivity index (χ3v) is 6.91. The summed E-state index contributed by atoms with van der Waals surface area (Å²) in [5.74, 6) is 2.06. The Labute approximate surface area is 200 Å². The van der Waals surface area contributed by atoms with E-state index < -0.39 is 0 Å². The summed E-state index contributed by atoms with van der Waals surface area (Å²) in [5, 5.41) is 0.986. The molecule has 2 heterocycles. The predicted molar refractivity (Wildman–Crippen MR) is 131 cm³/mol. The van der Waals surface area contributed by atoms with E-state index >= 15 is 0 Å². The van der Waals surface area contributed by atoms with Crippen molar-refractivity contribution in [3.63, 3.8) is 0 Å². The van der Waals surface area contributed by atoms with E-state index in [9.17, 15) is 4.79 Å². The molecule has 1 amide bonds. The monoisotopic (exact) mass is 460 g/mol. The number of amides is 1. The molecule has 2 aliphatic rings. The van der Waals surface area contributed by atoms with Gasteiger partial charge < -0.3 is 14.6 Å². The Morgan fingerprint density at radius 2 is 1.68 bits per heavy atom. The molecule has 2 fully saturated rings. The molecule has 7 nitrogen and oxygen atoms in total. The van der Waals surface area contributed by atoms with Crippen LogP contribution in [0.25, 0.3) is 10.9 Å². The average molecular weight is 461 g/mol. The van der Waals surface area contributed by atoms with Gasteiger partial charge in [0.1, 0.15) is 5.52 Å². The highest BCUT2D eigenvalue weighted by molar-refractivity contribution is 5.94. The summed E-state index contributed by atoms with van der Waals surface area (Å²) in [6.45, 7) is 4.70. The second kappa shape index (κ2) is 10.8. The van der Waals surface area contributed by atoms with E-state index in [1.54, 1.807) is 30.5 Å². The molecule has 5 rings (SSSR count). The number of hydrogen-bond acceptors (Lipinski definition) is 6. The molecule has 3 aromatic rings. The number of benzene rings is 2. The fraction of sp³-hybridized carbons (Fsp3) is 0.407. The number of nitrogens with one attached hydrogen (secondary N) is 1. The summed E-state index contributed by atoms with van der Waals surface area (Å²) in [5.41, 5.74) is 3.94. The molecule has 1 saturated carbocycles. The number of pyridine rings is 1. The molecule has 1 aliphatic heterocycles. The zero-order chi connectivity index (χ0) is 23.2. The van der Waals surface area contributed by atoms with E-state index in [1.807, 2.05) is 35.2 Å². The van der Waals surface area contributed by atoms with Crippen LogP contribution in [0, 0.1) is 5.92 Å². The zero-order valence-electron chi connectivity index (χ0n) is 19.5. The van der Waals surface area contributed by atoms with Gasteiger partial charge in [-0.05, 0) is 55.2 Å². The highest BCUT2D eigenvalue weighted by Crippen LogP contribution is 2.25. The molecule has 1 aromatic heterocycles. The van der Waals surface area contributed by atoms with Crippen molar-refractivity contribution >= 4 is 16.8 Å². The van der Waals surface area contributed by atoms with Crippen LogP contribution in [0.1, 0.15) is 42.5 Å². The first-order chi connectivity index (χ1) is 16.8. The van der Waals surface area contributed by atoms with Crippen molar-refractivity contribution in [1.29, 1.82) is 0 Å². The van der Waals surface area contributed by atoms with Gasteiger partial charge in [0.25, 0.3) is 5.91 Å². The van der Waals surface area contributed by atoms with Gasteiger partial charge in [-0.25, -0.2) is 0 Å². The summed E-state index contributed by atoms with van der Waals surface area (Å²) < 4.78 is 0. The van der Waals surface area contributed by atoms with Crippen LogP contribution in [0.5, 0.6) is 11.5 Å². The lowest BCUT2D eigenvalue weighted by Gasteiger charge is -2.37. The van der Waals surface area contributed by atoms with Crippen LogP contribution in [-0.4, -0.2) is 53.4 Å². The molecule has 0 spiro atoms. The molecule has 0 bridgehead atoms. The van der Waals surface area contributed by atoms with Crippen LogP contribution in [-0.2, 0) is 0 Å². The first-order valence-corrected chi connectivity index (χ1v) is 12.3.